The van der Waals surface area contributed by atoms with Crippen LogP contribution in [0.3, 0.4) is 0 Å². The summed E-state index contributed by atoms with van der Waals surface area (Å²) in [6, 6.07) is 15.8. The smallest absolute Gasteiger partial charge is 0.391 e. The second-order valence-electron chi connectivity index (χ2n) is 11.0. The zero-order valence-corrected chi connectivity index (χ0v) is 23.9. The number of aryl methyl sites for hydroxylation is 1. The van der Waals surface area contributed by atoms with Gasteiger partial charge >= 0.3 is 6.09 Å². The number of piperazine rings is 1. The van der Waals surface area contributed by atoms with Gasteiger partial charge in [0.1, 0.15) is 0 Å². The van der Waals surface area contributed by atoms with Gasteiger partial charge in [0.15, 0.2) is 0 Å². The molecule has 3 aromatic rings. The van der Waals surface area contributed by atoms with Crippen LogP contribution < -0.4 is 10.1 Å². The molecular formula is C32H40N6O3. The van der Waals surface area contributed by atoms with Crippen molar-refractivity contribution in [1.29, 1.82) is 0 Å². The Labute approximate surface area is 242 Å². The zero-order chi connectivity index (χ0) is 28.4. The first-order valence-corrected chi connectivity index (χ1v) is 14.7. The molecule has 0 aliphatic carbocycles. The van der Waals surface area contributed by atoms with Gasteiger partial charge in [-0.2, -0.15) is 0 Å². The second kappa shape index (κ2) is 14.2. The van der Waals surface area contributed by atoms with Crippen LogP contribution in [-0.4, -0.2) is 82.0 Å². The van der Waals surface area contributed by atoms with Crippen molar-refractivity contribution in [3.8, 4) is 5.88 Å². The van der Waals surface area contributed by atoms with Crippen LogP contribution in [0.1, 0.15) is 54.1 Å². The number of nitrogens with one attached hydrogen (secondary N) is 1. The summed E-state index contributed by atoms with van der Waals surface area (Å²) in [5, 5.41) is 2.87. The molecule has 2 amide bonds. The Kier molecular flexibility index (Phi) is 9.93. The molecule has 9 nitrogen and oxygen atoms in total. The number of carbonyl (C=O) groups excluding carboxylic acids is 2. The van der Waals surface area contributed by atoms with Crippen LogP contribution in [0.5, 0.6) is 5.88 Å². The van der Waals surface area contributed by atoms with E-state index in [0.29, 0.717) is 30.4 Å². The van der Waals surface area contributed by atoms with Crippen molar-refractivity contribution >= 4 is 17.7 Å². The predicted octanol–water partition coefficient (Wildman–Crippen LogP) is 4.85. The molecule has 2 fully saturated rings. The number of ether oxygens (including phenoxy) is 1. The van der Waals surface area contributed by atoms with E-state index in [0.717, 1.165) is 45.6 Å². The number of hydrogen-bond donors (Lipinski definition) is 1. The number of amides is 2. The average Bonchev–Trinajstić information content (AvgIpc) is 3.00. The van der Waals surface area contributed by atoms with Gasteiger partial charge in [0.2, 0.25) is 5.88 Å². The molecule has 0 bridgehead atoms. The lowest BCUT2D eigenvalue weighted by atomic mass is 10.0. The van der Waals surface area contributed by atoms with Crippen molar-refractivity contribution in [2.24, 2.45) is 0 Å². The van der Waals surface area contributed by atoms with Gasteiger partial charge in [-0.05, 0) is 81.1 Å². The van der Waals surface area contributed by atoms with E-state index < -0.39 is 6.09 Å². The first kappa shape index (κ1) is 28.7. The van der Waals surface area contributed by atoms with Gasteiger partial charge in [0, 0.05) is 62.8 Å². The van der Waals surface area contributed by atoms with Crippen LogP contribution in [0.4, 0.5) is 10.5 Å². The van der Waals surface area contributed by atoms with E-state index in [9.17, 15) is 9.59 Å². The number of nitrogens with zero attached hydrogens (tertiary/aromatic N) is 5. The molecule has 1 aromatic carbocycles. The second-order valence-corrected chi connectivity index (χ2v) is 11.0. The molecule has 0 saturated carbocycles. The minimum atomic E-state index is -0.400. The highest BCUT2D eigenvalue weighted by molar-refractivity contribution is 6.04. The number of piperidine rings is 1. The van der Waals surface area contributed by atoms with Crippen LogP contribution in [0.2, 0.25) is 0 Å². The summed E-state index contributed by atoms with van der Waals surface area (Å²) < 4.78 is 5.49. The molecule has 0 spiro atoms. The van der Waals surface area contributed by atoms with Crippen LogP contribution >= 0.6 is 0 Å². The van der Waals surface area contributed by atoms with Crippen molar-refractivity contribution in [2.75, 3.05) is 44.6 Å². The summed E-state index contributed by atoms with van der Waals surface area (Å²) in [6.07, 6.45) is 10.7. The third kappa shape index (κ3) is 8.34. The normalized spacial score (nSPS) is 18.2. The maximum absolute atomic E-state index is 12.8. The molecule has 2 saturated heterocycles. The molecule has 1 unspecified atom stereocenters. The molecule has 1 N–H and O–H groups in total. The molecule has 216 valence electrons. The quantitative estimate of drug-likeness (QED) is 0.403. The van der Waals surface area contributed by atoms with Gasteiger partial charge in [-0.25, -0.2) is 9.78 Å². The SMILES string of the molecule is CC1CCCCN1Cc1ccc(C(=O)Nc2ccc(OC(=O)N3CCN(CCCc4cccnc4)CC3)nc2)cc1. The van der Waals surface area contributed by atoms with E-state index in [1.165, 1.54) is 36.6 Å². The largest absolute Gasteiger partial charge is 0.416 e. The lowest BCUT2D eigenvalue weighted by Gasteiger charge is -2.33. The predicted molar refractivity (Wildman–Crippen MR) is 159 cm³/mol. The fraction of sp³-hybridized carbons (Fsp3) is 0.438. The number of pyridine rings is 2. The van der Waals surface area contributed by atoms with Gasteiger partial charge in [-0.15, -0.1) is 0 Å². The topological polar surface area (TPSA) is 90.9 Å². The fourth-order valence-corrected chi connectivity index (χ4v) is 5.47. The molecule has 9 heteroatoms. The number of carbonyl (C=O) groups is 2. The Morgan fingerprint density at radius 2 is 1.78 bits per heavy atom. The summed E-state index contributed by atoms with van der Waals surface area (Å²) in [7, 11) is 0. The van der Waals surface area contributed by atoms with Crippen molar-refractivity contribution in [1.82, 2.24) is 24.7 Å². The molecule has 41 heavy (non-hydrogen) atoms. The van der Waals surface area contributed by atoms with Gasteiger partial charge in [0.25, 0.3) is 5.91 Å². The van der Waals surface area contributed by atoms with Gasteiger partial charge in [-0.1, -0.05) is 24.6 Å². The van der Waals surface area contributed by atoms with Crippen molar-refractivity contribution in [2.45, 2.75) is 51.6 Å². The van der Waals surface area contributed by atoms with E-state index in [1.54, 1.807) is 23.2 Å². The highest BCUT2D eigenvalue weighted by atomic mass is 16.6. The first-order chi connectivity index (χ1) is 20.0. The lowest BCUT2D eigenvalue weighted by Crippen LogP contribution is -2.49. The highest BCUT2D eigenvalue weighted by Crippen LogP contribution is 2.20. The highest BCUT2D eigenvalue weighted by Gasteiger charge is 2.23. The zero-order valence-electron chi connectivity index (χ0n) is 23.9. The minimum absolute atomic E-state index is 0.201. The summed E-state index contributed by atoms with van der Waals surface area (Å²) in [4.78, 5) is 40.4. The molecule has 1 atom stereocenters. The Balaban J connectivity index is 1.03. The van der Waals surface area contributed by atoms with Crippen LogP contribution in [0.15, 0.2) is 67.1 Å². The molecule has 4 heterocycles. The van der Waals surface area contributed by atoms with Crippen molar-refractivity contribution in [3.63, 3.8) is 0 Å². The molecule has 0 radical (unpaired) electrons. The standard InChI is InChI=1S/C32H40N6O3/c1-25-6-2-3-17-38(25)24-27-9-11-28(12-10-27)31(39)35-29-13-14-30(34-23-29)41-32(40)37-20-18-36(19-21-37)16-5-8-26-7-4-15-33-22-26/h4,7,9-15,22-23,25H,2-3,5-6,8,16-21,24H2,1H3,(H,35,39). The Hall–Kier alpha value is -3.82. The van der Waals surface area contributed by atoms with Gasteiger partial charge in [0.05, 0.1) is 11.9 Å². The number of rotatable bonds is 9. The summed E-state index contributed by atoms with van der Waals surface area (Å²) in [6.45, 7) is 8.20. The van der Waals surface area contributed by atoms with E-state index in [4.69, 9.17) is 4.74 Å². The molecular weight excluding hydrogens is 516 g/mol. The number of aromatic nitrogens is 2. The monoisotopic (exact) mass is 556 g/mol. The number of likely N-dealkylation sites (tertiary alicyclic amines) is 1. The van der Waals surface area contributed by atoms with Crippen LogP contribution in [0, 0.1) is 0 Å². The molecule has 2 aromatic heterocycles. The van der Waals surface area contributed by atoms with E-state index in [2.05, 4.69) is 38.1 Å². The Morgan fingerprint density at radius 3 is 2.49 bits per heavy atom. The summed E-state index contributed by atoms with van der Waals surface area (Å²) >= 11 is 0. The van der Waals surface area contributed by atoms with E-state index >= 15 is 0 Å². The fourth-order valence-electron chi connectivity index (χ4n) is 5.47. The third-order valence-corrected chi connectivity index (χ3v) is 8.02. The third-order valence-electron chi connectivity index (χ3n) is 8.02. The molecule has 5 rings (SSSR count). The van der Waals surface area contributed by atoms with E-state index in [-0.39, 0.29) is 11.8 Å². The van der Waals surface area contributed by atoms with Gasteiger partial charge in [-0.3, -0.25) is 19.6 Å². The Bertz CT molecular complexity index is 1260. The number of benzene rings is 1. The maximum Gasteiger partial charge on any atom is 0.416 e. The van der Waals surface area contributed by atoms with E-state index in [1.807, 2.05) is 36.5 Å². The van der Waals surface area contributed by atoms with Crippen molar-refractivity contribution < 1.29 is 14.3 Å². The maximum atomic E-state index is 12.8. The number of anilines is 1. The Morgan fingerprint density at radius 1 is 0.951 bits per heavy atom. The molecule has 2 aliphatic rings. The van der Waals surface area contributed by atoms with Crippen LogP contribution in [0.25, 0.3) is 0 Å². The first-order valence-electron chi connectivity index (χ1n) is 14.7. The summed E-state index contributed by atoms with van der Waals surface area (Å²) in [5.74, 6) is 0.0101. The lowest BCUT2D eigenvalue weighted by molar-refractivity contribution is 0.102. The minimum Gasteiger partial charge on any atom is -0.391 e. The number of hydrogen-bond acceptors (Lipinski definition) is 7. The van der Waals surface area contributed by atoms with Crippen LogP contribution in [-0.2, 0) is 13.0 Å². The summed E-state index contributed by atoms with van der Waals surface area (Å²) in [5.41, 5.74) is 3.60. The van der Waals surface area contributed by atoms with Crippen molar-refractivity contribution in [3.05, 3.63) is 83.8 Å². The van der Waals surface area contributed by atoms with Gasteiger partial charge < -0.3 is 15.0 Å². The average molecular weight is 557 g/mol. The molecule has 2 aliphatic heterocycles.